The number of halogens is 3. The lowest BCUT2D eigenvalue weighted by Crippen LogP contribution is -2.39. The number of ether oxygens (including phenoxy) is 1. The fourth-order valence-electron chi connectivity index (χ4n) is 4.73. The number of rotatable bonds is 5. The smallest absolute Gasteiger partial charge is 0.407 e. The van der Waals surface area contributed by atoms with Gasteiger partial charge in [0.25, 0.3) is 0 Å². The molecule has 1 fully saturated rings. The molecule has 5 nitrogen and oxygen atoms in total. The minimum absolute atomic E-state index is 0.0203. The van der Waals surface area contributed by atoms with E-state index in [2.05, 4.69) is 5.32 Å². The predicted molar refractivity (Wildman–Crippen MR) is 155 cm³/mol. The van der Waals surface area contributed by atoms with Gasteiger partial charge >= 0.3 is 6.09 Å². The maximum absolute atomic E-state index is 14.4. The molecule has 0 spiro atoms. The number of nitrogens with one attached hydrogen (secondary N) is 1. The predicted octanol–water partition coefficient (Wildman–Crippen LogP) is 8.09. The molecule has 0 aliphatic heterocycles. The Bertz CT molecular complexity index is 1330. The van der Waals surface area contributed by atoms with Gasteiger partial charge in [0.15, 0.2) is 11.6 Å². The Hall–Kier alpha value is -3.47. The van der Waals surface area contributed by atoms with Crippen molar-refractivity contribution in [3.8, 4) is 17.2 Å². The molecule has 0 aromatic heterocycles. The number of hydrogen-bond donors (Lipinski definition) is 2. The summed E-state index contributed by atoms with van der Waals surface area (Å²) >= 11 is 6.25. The summed E-state index contributed by atoms with van der Waals surface area (Å²) < 4.78 is 33.4. The third-order valence-corrected chi connectivity index (χ3v) is 6.97. The van der Waals surface area contributed by atoms with E-state index in [1.165, 1.54) is 25.3 Å². The van der Waals surface area contributed by atoms with Gasteiger partial charge in [0.1, 0.15) is 5.60 Å². The number of amides is 1. The van der Waals surface area contributed by atoms with Gasteiger partial charge in [-0.3, -0.25) is 0 Å². The topological polar surface area (TPSA) is 88.1 Å². The highest BCUT2D eigenvalue weighted by Gasteiger charge is 2.22. The van der Waals surface area contributed by atoms with Crippen LogP contribution in [-0.4, -0.2) is 24.3 Å². The summed E-state index contributed by atoms with van der Waals surface area (Å²) in [5.74, 6) is -2.25. The van der Waals surface area contributed by atoms with Crippen molar-refractivity contribution in [2.24, 2.45) is 5.73 Å². The van der Waals surface area contributed by atoms with E-state index in [0.29, 0.717) is 12.6 Å². The van der Waals surface area contributed by atoms with Gasteiger partial charge in [-0.1, -0.05) is 67.3 Å². The first-order valence-corrected chi connectivity index (χ1v) is 13.8. The van der Waals surface area contributed by atoms with Crippen LogP contribution in [-0.2, 0) is 4.74 Å². The van der Waals surface area contributed by atoms with Crippen LogP contribution in [0.25, 0.3) is 11.1 Å². The standard InChI is InChI=1S/C21H15ClF2N2.C11H21NO2/c22-18-8-6-14(17(12-26)13-4-2-1-3-5-13)10-16(18)20-15(11-25)7-9-19(23)21(20)24;1-11(2,3)14-10(13)12-9-7-5-4-6-8-9/h1-10,17H,12,26H2;9H,4-8H2,1-3H3,(H,12,13). The van der Waals surface area contributed by atoms with Gasteiger partial charge in [-0.25, -0.2) is 13.6 Å². The normalized spacial score (nSPS) is 14.3. The quantitative estimate of drug-likeness (QED) is 0.326. The van der Waals surface area contributed by atoms with E-state index >= 15 is 0 Å². The Morgan fingerprint density at radius 2 is 1.75 bits per heavy atom. The van der Waals surface area contributed by atoms with Gasteiger partial charge in [-0.2, -0.15) is 5.26 Å². The number of hydrogen-bond acceptors (Lipinski definition) is 4. The first kappa shape index (κ1) is 31.1. The molecule has 40 heavy (non-hydrogen) atoms. The third-order valence-electron chi connectivity index (χ3n) is 6.64. The molecule has 0 bridgehead atoms. The molecule has 1 amide bonds. The third kappa shape index (κ3) is 8.51. The molecule has 0 saturated heterocycles. The molecular weight excluding hydrogens is 532 g/mol. The Morgan fingerprint density at radius 1 is 1.07 bits per heavy atom. The van der Waals surface area contributed by atoms with Gasteiger partial charge in [0.05, 0.1) is 11.6 Å². The molecule has 1 unspecified atom stereocenters. The molecule has 3 aromatic carbocycles. The van der Waals surface area contributed by atoms with Crippen molar-refractivity contribution < 1.29 is 18.3 Å². The van der Waals surface area contributed by atoms with E-state index in [9.17, 15) is 18.8 Å². The Morgan fingerprint density at radius 3 is 2.35 bits per heavy atom. The van der Waals surface area contributed by atoms with Crippen molar-refractivity contribution in [3.05, 3.63) is 94.0 Å². The van der Waals surface area contributed by atoms with Crippen LogP contribution in [0.4, 0.5) is 13.6 Å². The van der Waals surface area contributed by atoms with Crippen LogP contribution in [0.1, 0.15) is 75.5 Å². The first-order chi connectivity index (χ1) is 19.0. The van der Waals surface area contributed by atoms with Gasteiger partial charge in [-0.15, -0.1) is 0 Å². The van der Waals surface area contributed by atoms with E-state index in [0.717, 1.165) is 30.0 Å². The average molecular weight is 568 g/mol. The maximum atomic E-state index is 14.4. The number of benzene rings is 3. The van der Waals surface area contributed by atoms with E-state index in [1.807, 2.05) is 57.2 Å². The largest absolute Gasteiger partial charge is 0.444 e. The second-order valence-electron chi connectivity index (χ2n) is 10.8. The summed E-state index contributed by atoms with van der Waals surface area (Å²) in [7, 11) is 0. The zero-order valence-corrected chi connectivity index (χ0v) is 23.9. The fourth-order valence-corrected chi connectivity index (χ4v) is 4.94. The highest BCUT2D eigenvalue weighted by molar-refractivity contribution is 6.33. The summed E-state index contributed by atoms with van der Waals surface area (Å²) in [6.45, 7) is 5.98. The van der Waals surface area contributed by atoms with Gasteiger partial charge in [0, 0.05) is 34.7 Å². The minimum atomic E-state index is -1.09. The fraction of sp³-hybridized carbons (Fsp3) is 0.375. The summed E-state index contributed by atoms with van der Waals surface area (Å²) in [6.07, 6.45) is 5.66. The van der Waals surface area contributed by atoms with Crippen molar-refractivity contribution in [2.75, 3.05) is 6.54 Å². The molecule has 8 heteroatoms. The van der Waals surface area contributed by atoms with E-state index < -0.39 is 17.2 Å². The van der Waals surface area contributed by atoms with Gasteiger partial charge in [-0.05, 0) is 69.0 Å². The molecule has 3 N–H and O–H groups in total. The highest BCUT2D eigenvalue weighted by atomic mass is 35.5. The summed E-state index contributed by atoms with van der Waals surface area (Å²) in [4.78, 5) is 11.4. The molecule has 0 radical (unpaired) electrons. The molecule has 0 heterocycles. The minimum Gasteiger partial charge on any atom is -0.444 e. The van der Waals surface area contributed by atoms with Crippen LogP contribution < -0.4 is 11.1 Å². The second kappa shape index (κ2) is 14.2. The number of carbonyl (C=O) groups is 1. The van der Waals surface area contributed by atoms with E-state index in [4.69, 9.17) is 22.1 Å². The van der Waals surface area contributed by atoms with Gasteiger partial charge in [0.2, 0.25) is 0 Å². The Labute approximate surface area is 240 Å². The summed E-state index contributed by atoms with van der Waals surface area (Å²) in [5, 5.41) is 12.4. The molecule has 1 atom stereocenters. The lowest BCUT2D eigenvalue weighted by atomic mass is 9.88. The van der Waals surface area contributed by atoms with E-state index in [1.54, 1.807) is 18.2 Å². The molecule has 3 aromatic rings. The van der Waals surface area contributed by atoms with Crippen LogP contribution in [0.3, 0.4) is 0 Å². The van der Waals surface area contributed by atoms with Crippen LogP contribution in [0, 0.1) is 23.0 Å². The summed E-state index contributed by atoms with van der Waals surface area (Å²) in [5.41, 5.74) is 7.53. The SMILES string of the molecule is CC(C)(C)OC(=O)NC1CCCCC1.N#Cc1ccc(F)c(F)c1-c1cc(C(CN)c2ccccc2)ccc1Cl. The lowest BCUT2D eigenvalue weighted by Gasteiger charge is -2.25. The highest BCUT2D eigenvalue weighted by Crippen LogP contribution is 2.36. The van der Waals surface area contributed by atoms with Crippen molar-refractivity contribution in [2.45, 2.75) is 70.4 Å². The maximum Gasteiger partial charge on any atom is 0.407 e. The number of alkyl carbamates (subject to hydrolysis) is 1. The van der Waals surface area contributed by atoms with Crippen molar-refractivity contribution >= 4 is 17.7 Å². The zero-order valence-electron chi connectivity index (χ0n) is 23.1. The molecule has 4 rings (SSSR count). The van der Waals surface area contributed by atoms with Gasteiger partial charge < -0.3 is 15.8 Å². The number of nitrogens with zero attached hydrogens (tertiary/aromatic N) is 1. The average Bonchev–Trinajstić information content (AvgIpc) is 2.92. The molecule has 1 aliphatic rings. The van der Waals surface area contributed by atoms with Crippen molar-refractivity contribution in [1.29, 1.82) is 5.26 Å². The zero-order chi connectivity index (χ0) is 29.3. The van der Waals surface area contributed by atoms with Crippen LogP contribution >= 0.6 is 11.6 Å². The van der Waals surface area contributed by atoms with Crippen molar-refractivity contribution in [1.82, 2.24) is 5.32 Å². The Kier molecular flexibility index (Phi) is 11.1. The molecule has 212 valence electrons. The number of carbonyl (C=O) groups excluding carboxylic acids is 1. The number of nitrogens with two attached hydrogens (primary N) is 1. The van der Waals surface area contributed by atoms with Crippen LogP contribution in [0.2, 0.25) is 5.02 Å². The second-order valence-corrected chi connectivity index (χ2v) is 11.2. The lowest BCUT2D eigenvalue weighted by molar-refractivity contribution is 0.0493. The number of nitriles is 1. The van der Waals surface area contributed by atoms with E-state index in [-0.39, 0.29) is 33.7 Å². The van der Waals surface area contributed by atoms with Crippen molar-refractivity contribution in [3.63, 3.8) is 0 Å². The monoisotopic (exact) mass is 567 g/mol. The Balaban J connectivity index is 0.000000267. The first-order valence-electron chi connectivity index (χ1n) is 13.5. The molecule has 1 saturated carbocycles. The summed E-state index contributed by atoms with van der Waals surface area (Å²) in [6, 6.07) is 19.1. The van der Waals surface area contributed by atoms with Crippen LogP contribution in [0.5, 0.6) is 0 Å². The molecular formula is C32H36ClF2N3O2. The molecule has 1 aliphatic carbocycles. The van der Waals surface area contributed by atoms with Crippen LogP contribution in [0.15, 0.2) is 60.7 Å².